The highest BCUT2D eigenvalue weighted by atomic mass is 32.2. The predicted octanol–water partition coefficient (Wildman–Crippen LogP) is 5.00. The third-order valence-corrected chi connectivity index (χ3v) is 5.66. The quantitative estimate of drug-likeness (QED) is 0.251. The van der Waals surface area contributed by atoms with Crippen LogP contribution in [0.15, 0.2) is 78.0 Å². The number of carbonyl (C=O) groups excluding carboxylic acids is 2. The molecule has 0 atom stereocenters. The lowest BCUT2D eigenvalue weighted by atomic mass is 10.0. The van der Waals surface area contributed by atoms with E-state index in [1.165, 1.54) is 11.8 Å². The van der Waals surface area contributed by atoms with Crippen LogP contribution in [0.25, 0.3) is 22.2 Å². The van der Waals surface area contributed by atoms with Crippen LogP contribution in [0.1, 0.15) is 20.7 Å². The fourth-order valence-corrected chi connectivity index (χ4v) is 4.14. The van der Waals surface area contributed by atoms with Gasteiger partial charge in [0.25, 0.3) is 0 Å². The van der Waals surface area contributed by atoms with Crippen LogP contribution in [-0.2, 0) is 11.8 Å². The standard InChI is InChI=1S/C24H20N2O3S/c1-26-19-13-7-6-11-17(19)21(22(26)16-9-4-3-5-10-16)20(27)15-29-24(28)18-12-8-14-25-23(18)30-2/h3-14H,15H2,1-2H3. The van der Waals surface area contributed by atoms with Crippen LogP contribution in [0.3, 0.4) is 0 Å². The number of carbonyl (C=O) groups is 2. The van der Waals surface area contributed by atoms with Crippen LogP contribution >= 0.6 is 11.8 Å². The van der Waals surface area contributed by atoms with Gasteiger partial charge in [0.2, 0.25) is 5.78 Å². The molecule has 0 bridgehead atoms. The SMILES string of the molecule is CSc1ncccc1C(=O)OCC(=O)c1c(-c2ccccc2)n(C)c2ccccc12. The van der Waals surface area contributed by atoms with Crippen LogP contribution < -0.4 is 0 Å². The number of ketones is 1. The molecule has 0 saturated heterocycles. The molecule has 0 saturated carbocycles. The maximum Gasteiger partial charge on any atom is 0.341 e. The third kappa shape index (κ3) is 3.62. The number of para-hydroxylation sites is 1. The Morgan fingerprint density at radius 2 is 1.73 bits per heavy atom. The summed E-state index contributed by atoms with van der Waals surface area (Å²) in [6.07, 6.45) is 3.46. The van der Waals surface area contributed by atoms with Gasteiger partial charge in [-0.05, 0) is 30.0 Å². The molecule has 4 aromatic rings. The van der Waals surface area contributed by atoms with Gasteiger partial charge in [0.15, 0.2) is 6.61 Å². The van der Waals surface area contributed by atoms with Crippen molar-refractivity contribution < 1.29 is 14.3 Å². The number of esters is 1. The summed E-state index contributed by atoms with van der Waals surface area (Å²) in [5, 5.41) is 1.41. The van der Waals surface area contributed by atoms with Crippen LogP contribution in [0.5, 0.6) is 0 Å². The number of pyridine rings is 1. The van der Waals surface area contributed by atoms with Crippen molar-refractivity contribution >= 4 is 34.4 Å². The van der Waals surface area contributed by atoms with E-state index in [1.807, 2.05) is 72.5 Å². The summed E-state index contributed by atoms with van der Waals surface area (Å²) in [6, 6.07) is 20.8. The molecule has 5 nitrogen and oxygen atoms in total. The molecular formula is C24H20N2O3S. The number of fused-ring (bicyclic) bond motifs is 1. The van der Waals surface area contributed by atoms with Gasteiger partial charge in [-0.2, -0.15) is 0 Å². The summed E-state index contributed by atoms with van der Waals surface area (Å²) >= 11 is 1.36. The topological polar surface area (TPSA) is 61.2 Å². The van der Waals surface area contributed by atoms with Gasteiger partial charge in [-0.3, -0.25) is 4.79 Å². The Morgan fingerprint density at radius 1 is 1.00 bits per heavy atom. The Morgan fingerprint density at radius 3 is 2.50 bits per heavy atom. The van der Waals surface area contributed by atoms with Gasteiger partial charge < -0.3 is 9.30 Å². The van der Waals surface area contributed by atoms with E-state index in [0.717, 1.165) is 22.2 Å². The summed E-state index contributed by atoms with van der Waals surface area (Å²) < 4.78 is 7.39. The van der Waals surface area contributed by atoms with Crippen molar-refractivity contribution in [1.29, 1.82) is 0 Å². The molecule has 0 spiro atoms. The second-order valence-electron chi connectivity index (χ2n) is 6.73. The first kappa shape index (κ1) is 19.9. The number of hydrogen-bond donors (Lipinski definition) is 0. The monoisotopic (exact) mass is 416 g/mol. The number of ether oxygens (including phenoxy) is 1. The zero-order valence-corrected chi connectivity index (χ0v) is 17.5. The summed E-state index contributed by atoms with van der Waals surface area (Å²) in [6.45, 7) is -0.338. The van der Waals surface area contributed by atoms with Crippen LogP contribution in [0.2, 0.25) is 0 Å². The van der Waals surface area contributed by atoms with E-state index in [4.69, 9.17) is 4.74 Å². The van der Waals surface area contributed by atoms with Crippen molar-refractivity contribution in [3.63, 3.8) is 0 Å². The van der Waals surface area contributed by atoms with Crippen molar-refractivity contribution in [2.45, 2.75) is 5.03 Å². The average Bonchev–Trinajstić information content (AvgIpc) is 3.10. The zero-order chi connectivity index (χ0) is 21.1. The second-order valence-corrected chi connectivity index (χ2v) is 7.52. The van der Waals surface area contributed by atoms with Gasteiger partial charge in [0, 0.05) is 24.1 Å². The first-order valence-corrected chi connectivity index (χ1v) is 10.7. The lowest BCUT2D eigenvalue weighted by Gasteiger charge is -2.09. The Balaban J connectivity index is 1.69. The van der Waals surface area contributed by atoms with Gasteiger partial charge >= 0.3 is 5.97 Å². The summed E-state index contributed by atoms with van der Waals surface area (Å²) in [5.74, 6) is -0.795. The van der Waals surface area contributed by atoms with Gasteiger partial charge in [-0.25, -0.2) is 9.78 Å². The van der Waals surface area contributed by atoms with Crippen molar-refractivity contribution in [1.82, 2.24) is 9.55 Å². The first-order chi connectivity index (χ1) is 14.6. The first-order valence-electron chi connectivity index (χ1n) is 9.44. The number of hydrogen-bond acceptors (Lipinski definition) is 5. The third-order valence-electron chi connectivity index (χ3n) is 4.95. The van der Waals surface area contributed by atoms with E-state index in [-0.39, 0.29) is 12.4 Å². The lowest BCUT2D eigenvalue weighted by Crippen LogP contribution is -2.16. The molecule has 0 unspecified atom stereocenters. The molecule has 0 N–H and O–H groups in total. The zero-order valence-electron chi connectivity index (χ0n) is 16.7. The molecule has 2 aromatic heterocycles. The summed E-state index contributed by atoms with van der Waals surface area (Å²) in [4.78, 5) is 30.0. The average molecular weight is 417 g/mol. The molecule has 0 aliphatic heterocycles. The number of aryl methyl sites for hydroxylation is 1. The number of rotatable bonds is 6. The van der Waals surface area contributed by atoms with Gasteiger partial charge in [-0.1, -0.05) is 48.5 Å². The van der Waals surface area contributed by atoms with E-state index < -0.39 is 5.97 Å². The number of nitrogens with zero attached hydrogens (tertiary/aromatic N) is 2. The second kappa shape index (κ2) is 8.55. The van der Waals surface area contributed by atoms with Crippen molar-refractivity contribution in [2.75, 3.05) is 12.9 Å². The Bertz CT molecular complexity index is 1230. The van der Waals surface area contributed by atoms with Gasteiger partial charge in [0.05, 0.1) is 16.8 Å². The van der Waals surface area contributed by atoms with E-state index in [0.29, 0.717) is 16.2 Å². The highest BCUT2D eigenvalue weighted by Gasteiger charge is 2.23. The Kier molecular flexibility index (Phi) is 5.68. The van der Waals surface area contributed by atoms with E-state index in [9.17, 15) is 9.59 Å². The van der Waals surface area contributed by atoms with E-state index >= 15 is 0 Å². The molecule has 2 heterocycles. The van der Waals surface area contributed by atoms with Crippen molar-refractivity contribution in [3.8, 4) is 11.3 Å². The van der Waals surface area contributed by atoms with Crippen LogP contribution in [0, 0.1) is 0 Å². The molecule has 6 heteroatoms. The number of aromatic nitrogens is 2. The molecule has 0 radical (unpaired) electrons. The van der Waals surface area contributed by atoms with E-state index in [1.54, 1.807) is 18.3 Å². The van der Waals surface area contributed by atoms with Gasteiger partial charge in [-0.15, -0.1) is 11.8 Å². The molecule has 0 aliphatic carbocycles. The highest BCUT2D eigenvalue weighted by Crippen LogP contribution is 2.33. The summed E-state index contributed by atoms with van der Waals surface area (Å²) in [7, 11) is 1.94. The van der Waals surface area contributed by atoms with Crippen LogP contribution in [-0.4, -0.2) is 34.2 Å². The number of thioether (sulfide) groups is 1. The Hall–Kier alpha value is -3.38. The Labute approximate surface area is 178 Å². The molecule has 0 fully saturated rings. The molecule has 0 amide bonds. The maximum atomic E-state index is 13.2. The fraction of sp³-hybridized carbons (Fsp3) is 0.125. The minimum absolute atomic E-state index is 0.242. The molecule has 30 heavy (non-hydrogen) atoms. The normalized spacial score (nSPS) is 10.9. The lowest BCUT2D eigenvalue weighted by molar-refractivity contribution is 0.0471. The smallest absolute Gasteiger partial charge is 0.341 e. The minimum atomic E-state index is -0.553. The molecular weight excluding hydrogens is 396 g/mol. The van der Waals surface area contributed by atoms with E-state index in [2.05, 4.69) is 4.98 Å². The minimum Gasteiger partial charge on any atom is -0.454 e. The highest BCUT2D eigenvalue weighted by molar-refractivity contribution is 7.98. The molecule has 4 rings (SSSR count). The number of Topliss-reactive ketones (excluding diaryl/α,β-unsaturated/α-hetero) is 1. The van der Waals surface area contributed by atoms with Crippen molar-refractivity contribution in [3.05, 3.63) is 84.1 Å². The molecule has 0 aliphatic rings. The van der Waals surface area contributed by atoms with Crippen LogP contribution in [0.4, 0.5) is 0 Å². The maximum absolute atomic E-state index is 13.2. The van der Waals surface area contributed by atoms with Gasteiger partial charge in [0.1, 0.15) is 5.03 Å². The largest absolute Gasteiger partial charge is 0.454 e. The molecule has 2 aromatic carbocycles. The van der Waals surface area contributed by atoms with Crippen molar-refractivity contribution in [2.24, 2.45) is 7.05 Å². The molecule has 150 valence electrons. The fourth-order valence-electron chi connectivity index (χ4n) is 3.60. The number of benzene rings is 2. The summed E-state index contributed by atoms with van der Waals surface area (Å²) in [5.41, 5.74) is 3.61. The predicted molar refractivity (Wildman–Crippen MR) is 119 cm³/mol.